The Balaban J connectivity index is 1.78. The van der Waals surface area contributed by atoms with Gasteiger partial charge < -0.3 is 0 Å². The maximum atomic E-state index is 2.31. The van der Waals surface area contributed by atoms with E-state index in [0.717, 1.165) is 5.41 Å². The van der Waals surface area contributed by atoms with Crippen LogP contribution in [0.1, 0.15) is 51.9 Å². The molecule has 0 amide bonds. The van der Waals surface area contributed by atoms with Crippen LogP contribution in [0.4, 0.5) is 0 Å². The van der Waals surface area contributed by atoms with E-state index in [1.165, 1.54) is 18.8 Å². The molecule has 10 heavy (non-hydrogen) atoms. The van der Waals surface area contributed by atoms with Gasteiger partial charge in [0.1, 0.15) is 0 Å². The maximum Gasteiger partial charge on any atom is -0.0269 e. The van der Waals surface area contributed by atoms with Crippen molar-refractivity contribution in [3.63, 3.8) is 0 Å². The highest BCUT2D eigenvalue weighted by atomic mass is 14.6. The molecule has 0 spiro atoms. The normalized spacial score (nSPS) is 28.5. The molecule has 0 heteroatoms. The highest BCUT2D eigenvalue weighted by Crippen LogP contribution is 2.63. The van der Waals surface area contributed by atoms with E-state index in [1.807, 2.05) is 0 Å². The second kappa shape index (κ2) is 2.25. The summed E-state index contributed by atoms with van der Waals surface area (Å²) >= 11 is 0. The van der Waals surface area contributed by atoms with E-state index in [-0.39, 0.29) is 0 Å². The Morgan fingerprint density at radius 3 is 2.40 bits per heavy atom. The third kappa shape index (κ3) is 1.09. The van der Waals surface area contributed by atoms with Crippen molar-refractivity contribution < 1.29 is 0 Å². The maximum absolute atomic E-state index is 2.31. The molecule has 2 fully saturated rings. The van der Waals surface area contributed by atoms with Crippen molar-refractivity contribution in [2.45, 2.75) is 51.9 Å². The van der Waals surface area contributed by atoms with Crippen LogP contribution in [-0.2, 0) is 0 Å². The molecule has 0 aromatic heterocycles. The third-order valence-electron chi connectivity index (χ3n) is 3.36. The quantitative estimate of drug-likeness (QED) is 0.558. The van der Waals surface area contributed by atoms with Gasteiger partial charge in [0.25, 0.3) is 0 Å². The SMILES string of the molecule is CCCCC1(C2CC2)CC1. The molecule has 2 aliphatic carbocycles. The van der Waals surface area contributed by atoms with Crippen LogP contribution in [0, 0.1) is 11.3 Å². The fourth-order valence-corrected chi connectivity index (χ4v) is 2.25. The minimum Gasteiger partial charge on any atom is -0.0654 e. The lowest BCUT2D eigenvalue weighted by atomic mass is 9.94. The summed E-state index contributed by atoms with van der Waals surface area (Å²) in [7, 11) is 0. The molecule has 0 heterocycles. The van der Waals surface area contributed by atoms with E-state index in [1.54, 1.807) is 32.1 Å². The topological polar surface area (TPSA) is 0 Å². The molecule has 2 rings (SSSR count). The van der Waals surface area contributed by atoms with Crippen molar-refractivity contribution in [3.05, 3.63) is 0 Å². The minimum atomic E-state index is 0.913. The second-order valence-corrected chi connectivity index (χ2v) is 4.24. The van der Waals surface area contributed by atoms with E-state index in [4.69, 9.17) is 0 Å². The zero-order valence-corrected chi connectivity index (χ0v) is 7.03. The van der Waals surface area contributed by atoms with Gasteiger partial charge in [-0.1, -0.05) is 19.8 Å². The van der Waals surface area contributed by atoms with Gasteiger partial charge in [-0.15, -0.1) is 0 Å². The number of rotatable bonds is 4. The second-order valence-electron chi connectivity index (χ2n) is 4.24. The van der Waals surface area contributed by atoms with Gasteiger partial charge in [0, 0.05) is 0 Å². The van der Waals surface area contributed by atoms with Crippen LogP contribution >= 0.6 is 0 Å². The first-order chi connectivity index (χ1) is 4.87. The third-order valence-corrected chi connectivity index (χ3v) is 3.36. The zero-order chi connectivity index (χ0) is 7.03. The average Bonchev–Trinajstić information content (AvgIpc) is 2.76. The van der Waals surface area contributed by atoms with E-state index in [9.17, 15) is 0 Å². The first-order valence-corrected chi connectivity index (χ1v) is 4.87. The van der Waals surface area contributed by atoms with Crippen molar-refractivity contribution in [1.82, 2.24) is 0 Å². The van der Waals surface area contributed by atoms with Crippen LogP contribution in [0.3, 0.4) is 0 Å². The van der Waals surface area contributed by atoms with Crippen molar-refractivity contribution in [2.75, 3.05) is 0 Å². The van der Waals surface area contributed by atoms with E-state index in [0.29, 0.717) is 0 Å². The predicted octanol–water partition coefficient (Wildman–Crippen LogP) is 3.37. The Hall–Kier alpha value is 0. The van der Waals surface area contributed by atoms with Crippen LogP contribution in [-0.4, -0.2) is 0 Å². The van der Waals surface area contributed by atoms with Crippen LogP contribution in [0.2, 0.25) is 0 Å². The van der Waals surface area contributed by atoms with Gasteiger partial charge in [-0.25, -0.2) is 0 Å². The van der Waals surface area contributed by atoms with Gasteiger partial charge in [0.2, 0.25) is 0 Å². The predicted molar refractivity (Wildman–Crippen MR) is 43.9 cm³/mol. The molecular formula is C10H18. The molecule has 0 atom stereocenters. The lowest BCUT2D eigenvalue weighted by Gasteiger charge is -2.11. The van der Waals surface area contributed by atoms with Crippen LogP contribution in [0.15, 0.2) is 0 Å². The summed E-state index contributed by atoms with van der Waals surface area (Å²) in [5, 5.41) is 0. The largest absolute Gasteiger partial charge is 0.0654 e. The summed E-state index contributed by atoms with van der Waals surface area (Å²) in [6.45, 7) is 2.31. The molecule has 2 saturated carbocycles. The lowest BCUT2D eigenvalue weighted by Crippen LogP contribution is -2.01. The van der Waals surface area contributed by atoms with Gasteiger partial charge in [0.15, 0.2) is 0 Å². The molecule has 0 aromatic rings. The highest BCUT2D eigenvalue weighted by Gasteiger charge is 2.52. The van der Waals surface area contributed by atoms with Crippen LogP contribution < -0.4 is 0 Å². The smallest absolute Gasteiger partial charge is 0.0269 e. The Kier molecular flexibility index (Phi) is 1.51. The summed E-state index contributed by atoms with van der Waals surface area (Å²) in [6, 6.07) is 0. The molecule has 0 aromatic carbocycles. The van der Waals surface area contributed by atoms with Gasteiger partial charge in [-0.2, -0.15) is 0 Å². The first-order valence-electron chi connectivity index (χ1n) is 4.87. The standard InChI is InChI=1S/C10H18/c1-2-3-6-10(7-8-10)9-4-5-9/h9H,2-8H2,1H3. The number of unbranched alkanes of at least 4 members (excludes halogenated alkanes) is 1. The minimum absolute atomic E-state index is 0.913. The van der Waals surface area contributed by atoms with Gasteiger partial charge in [-0.3, -0.25) is 0 Å². The molecule has 0 aliphatic heterocycles. The highest BCUT2D eigenvalue weighted by molar-refractivity contribution is 5.03. The molecule has 58 valence electrons. The molecule has 0 nitrogen and oxygen atoms in total. The summed E-state index contributed by atoms with van der Waals surface area (Å²) in [6.07, 6.45) is 10.7. The summed E-state index contributed by atoms with van der Waals surface area (Å²) < 4.78 is 0. The van der Waals surface area contributed by atoms with Crippen molar-refractivity contribution >= 4 is 0 Å². The van der Waals surface area contributed by atoms with Crippen LogP contribution in [0.25, 0.3) is 0 Å². The Morgan fingerprint density at radius 2 is 2.00 bits per heavy atom. The van der Waals surface area contributed by atoms with Crippen molar-refractivity contribution in [1.29, 1.82) is 0 Å². The number of hydrogen-bond acceptors (Lipinski definition) is 0. The average molecular weight is 138 g/mol. The monoisotopic (exact) mass is 138 g/mol. The van der Waals surface area contributed by atoms with E-state index >= 15 is 0 Å². The first kappa shape index (κ1) is 6.69. The summed E-state index contributed by atoms with van der Waals surface area (Å²) in [5.41, 5.74) is 0.913. The fraction of sp³-hybridized carbons (Fsp3) is 1.00. The van der Waals surface area contributed by atoms with E-state index in [2.05, 4.69) is 6.92 Å². The molecule has 0 unspecified atom stereocenters. The lowest BCUT2D eigenvalue weighted by molar-refractivity contribution is 0.389. The Morgan fingerprint density at radius 1 is 1.30 bits per heavy atom. The van der Waals surface area contributed by atoms with E-state index < -0.39 is 0 Å². The van der Waals surface area contributed by atoms with Gasteiger partial charge >= 0.3 is 0 Å². The van der Waals surface area contributed by atoms with Gasteiger partial charge in [-0.05, 0) is 43.4 Å². The fourth-order valence-electron chi connectivity index (χ4n) is 2.25. The molecule has 0 N–H and O–H groups in total. The number of hydrogen-bond donors (Lipinski definition) is 0. The Bertz CT molecular complexity index is 118. The molecular weight excluding hydrogens is 120 g/mol. The summed E-state index contributed by atoms with van der Waals surface area (Å²) in [5.74, 6) is 1.18. The molecule has 0 radical (unpaired) electrons. The molecule has 0 bridgehead atoms. The van der Waals surface area contributed by atoms with Crippen molar-refractivity contribution in [3.8, 4) is 0 Å². The van der Waals surface area contributed by atoms with Crippen molar-refractivity contribution in [2.24, 2.45) is 11.3 Å². The zero-order valence-electron chi connectivity index (χ0n) is 7.03. The van der Waals surface area contributed by atoms with Gasteiger partial charge in [0.05, 0.1) is 0 Å². The Labute approximate surface area is 64.0 Å². The molecule has 2 aliphatic rings. The van der Waals surface area contributed by atoms with Crippen LogP contribution in [0.5, 0.6) is 0 Å². The summed E-state index contributed by atoms with van der Waals surface area (Å²) in [4.78, 5) is 0. The molecule has 0 saturated heterocycles.